The Morgan fingerprint density at radius 1 is 1.47 bits per heavy atom. The first-order chi connectivity index (χ1) is 8.96. The van der Waals surface area contributed by atoms with Crippen LogP contribution in [-0.2, 0) is 9.53 Å². The van der Waals surface area contributed by atoms with E-state index < -0.39 is 5.97 Å². The van der Waals surface area contributed by atoms with Crippen molar-refractivity contribution in [1.29, 1.82) is 0 Å². The number of benzene rings is 1. The van der Waals surface area contributed by atoms with Crippen LogP contribution >= 0.6 is 15.9 Å². The van der Waals surface area contributed by atoms with E-state index in [1.807, 2.05) is 0 Å². The molecule has 1 amide bonds. The van der Waals surface area contributed by atoms with Crippen LogP contribution in [0.4, 0.5) is 5.69 Å². The number of methoxy groups -OCH3 is 1. The molecule has 0 bridgehead atoms. The summed E-state index contributed by atoms with van der Waals surface area (Å²) in [6, 6.07) is 4.46. The van der Waals surface area contributed by atoms with Gasteiger partial charge in [-0.05, 0) is 18.2 Å². The molecule has 1 aromatic carbocycles. The van der Waals surface area contributed by atoms with Gasteiger partial charge in [0.15, 0.2) is 0 Å². The number of nitrogens with two attached hydrogens (primary N) is 1. The van der Waals surface area contributed by atoms with Crippen molar-refractivity contribution in [1.82, 2.24) is 0 Å². The number of carboxylic acid groups (broad SMARTS) is 1. The maximum Gasteiger partial charge on any atom is 0.335 e. The summed E-state index contributed by atoms with van der Waals surface area (Å²) < 4.78 is 5.58. The van der Waals surface area contributed by atoms with E-state index in [9.17, 15) is 9.59 Å². The zero-order valence-electron chi connectivity index (χ0n) is 10.4. The monoisotopic (exact) mass is 330 g/mol. The van der Waals surface area contributed by atoms with E-state index in [4.69, 9.17) is 15.6 Å². The van der Waals surface area contributed by atoms with E-state index in [-0.39, 0.29) is 30.5 Å². The minimum Gasteiger partial charge on any atom is -0.478 e. The van der Waals surface area contributed by atoms with Crippen LogP contribution in [0.5, 0.6) is 0 Å². The van der Waals surface area contributed by atoms with E-state index in [2.05, 4.69) is 21.2 Å². The first-order valence-electron chi connectivity index (χ1n) is 5.53. The number of carbonyl (C=O) groups excluding carboxylic acids is 1. The number of rotatable bonds is 6. The van der Waals surface area contributed by atoms with Gasteiger partial charge < -0.3 is 20.9 Å². The van der Waals surface area contributed by atoms with Crippen LogP contribution in [0.3, 0.4) is 0 Å². The molecule has 0 spiro atoms. The normalized spacial score (nSPS) is 11.9. The third kappa shape index (κ3) is 4.98. The minimum atomic E-state index is -1.06. The molecule has 1 unspecified atom stereocenters. The molecule has 104 valence electrons. The van der Waals surface area contributed by atoms with E-state index in [0.29, 0.717) is 10.2 Å². The highest BCUT2D eigenvalue weighted by Gasteiger charge is 2.13. The first-order valence-corrected chi connectivity index (χ1v) is 6.32. The fourth-order valence-electron chi connectivity index (χ4n) is 1.47. The lowest BCUT2D eigenvalue weighted by molar-refractivity contribution is -0.118. The molecular formula is C12H15BrN2O4. The molecule has 7 heteroatoms. The van der Waals surface area contributed by atoms with Gasteiger partial charge in [-0.1, -0.05) is 15.9 Å². The second-order valence-electron chi connectivity index (χ2n) is 3.88. The Hall–Kier alpha value is -1.44. The standard InChI is InChI=1S/C12H15BrN2O4/c1-19-10(6-14)5-11(16)15-9-3-7(12(17)18)2-8(13)4-9/h2-4,10H,5-6,14H2,1H3,(H,15,16)(H,17,18). The van der Waals surface area contributed by atoms with Gasteiger partial charge in [-0.25, -0.2) is 4.79 Å². The fourth-order valence-corrected chi connectivity index (χ4v) is 1.96. The molecule has 19 heavy (non-hydrogen) atoms. The molecule has 4 N–H and O–H groups in total. The Morgan fingerprint density at radius 3 is 2.68 bits per heavy atom. The predicted molar refractivity (Wildman–Crippen MR) is 74.2 cm³/mol. The van der Waals surface area contributed by atoms with Crippen molar-refractivity contribution in [2.24, 2.45) is 5.73 Å². The molecule has 0 heterocycles. The molecular weight excluding hydrogens is 316 g/mol. The van der Waals surface area contributed by atoms with E-state index >= 15 is 0 Å². The van der Waals surface area contributed by atoms with Crippen molar-refractivity contribution in [3.05, 3.63) is 28.2 Å². The number of amides is 1. The third-order valence-electron chi connectivity index (χ3n) is 2.44. The lowest BCUT2D eigenvalue weighted by Crippen LogP contribution is -2.28. The van der Waals surface area contributed by atoms with E-state index in [1.165, 1.54) is 19.2 Å². The second-order valence-corrected chi connectivity index (χ2v) is 4.80. The van der Waals surface area contributed by atoms with Crippen molar-refractivity contribution < 1.29 is 19.4 Å². The van der Waals surface area contributed by atoms with Gasteiger partial charge in [0.2, 0.25) is 5.91 Å². The number of hydrogen-bond acceptors (Lipinski definition) is 4. The summed E-state index contributed by atoms with van der Waals surface area (Å²) in [5, 5.41) is 11.5. The van der Waals surface area contributed by atoms with Crippen molar-refractivity contribution in [3.8, 4) is 0 Å². The Bertz CT molecular complexity index is 475. The summed E-state index contributed by atoms with van der Waals surface area (Å²) in [5.41, 5.74) is 5.92. The number of anilines is 1. The molecule has 1 aromatic rings. The second kappa shape index (κ2) is 7.22. The average molecular weight is 331 g/mol. The van der Waals surface area contributed by atoms with Gasteiger partial charge in [0, 0.05) is 23.8 Å². The number of nitrogens with one attached hydrogen (secondary N) is 1. The number of aromatic carboxylic acids is 1. The van der Waals surface area contributed by atoms with Gasteiger partial charge >= 0.3 is 5.97 Å². The van der Waals surface area contributed by atoms with E-state index in [0.717, 1.165) is 0 Å². The smallest absolute Gasteiger partial charge is 0.335 e. The topological polar surface area (TPSA) is 102 Å². The Morgan fingerprint density at radius 2 is 2.16 bits per heavy atom. The zero-order valence-corrected chi connectivity index (χ0v) is 11.9. The van der Waals surface area contributed by atoms with Crippen LogP contribution in [0, 0.1) is 0 Å². The summed E-state index contributed by atoms with van der Waals surface area (Å²) >= 11 is 3.19. The average Bonchev–Trinajstić information content (AvgIpc) is 2.35. The van der Waals surface area contributed by atoms with Crippen LogP contribution in [0.15, 0.2) is 22.7 Å². The predicted octanol–water partition coefficient (Wildman–Crippen LogP) is 1.45. The summed E-state index contributed by atoms with van der Waals surface area (Å²) in [6.45, 7) is 0.239. The Labute approximate surface area is 119 Å². The molecule has 0 radical (unpaired) electrons. The zero-order chi connectivity index (χ0) is 14.4. The largest absolute Gasteiger partial charge is 0.478 e. The molecule has 1 atom stereocenters. The van der Waals surface area contributed by atoms with Crippen LogP contribution in [0.2, 0.25) is 0 Å². The van der Waals surface area contributed by atoms with E-state index in [1.54, 1.807) is 6.07 Å². The minimum absolute atomic E-state index is 0.0896. The van der Waals surface area contributed by atoms with Gasteiger partial charge in [-0.3, -0.25) is 4.79 Å². The maximum atomic E-state index is 11.7. The molecule has 0 aliphatic heterocycles. The molecule has 6 nitrogen and oxygen atoms in total. The van der Waals surface area contributed by atoms with Crippen molar-refractivity contribution in [2.45, 2.75) is 12.5 Å². The summed E-state index contributed by atoms with van der Waals surface area (Å²) in [6.07, 6.45) is -0.242. The summed E-state index contributed by atoms with van der Waals surface area (Å²) in [4.78, 5) is 22.6. The Balaban J connectivity index is 2.76. The van der Waals surface area contributed by atoms with Gasteiger partial charge in [0.25, 0.3) is 0 Å². The van der Waals surface area contributed by atoms with Crippen LogP contribution in [0.1, 0.15) is 16.8 Å². The van der Waals surface area contributed by atoms with Crippen LogP contribution in [-0.4, -0.2) is 36.7 Å². The van der Waals surface area contributed by atoms with Crippen molar-refractivity contribution in [2.75, 3.05) is 19.0 Å². The first kappa shape index (κ1) is 15.6. The molecule has 0 aliphatic rings. The molecule has 0 aromatic heterocycles. The summed E-state index contributed by atoms with van der Waals surface area (Å²) in [7, 11) is 1.48. The van der Waals surface area contributed by atoms with Gasteiger partial charge in [0.05, 0.1) is 18.1 Å². The molecule has 0 saturated heterocycles. The maximum absolute atomic E-state index is 11.7. The highest BCUT2D eigenvalue weighted by atomic mass is 79.9. The highest BCUT2D eigenvalue weighted by Crippen LogP contribution is 2.20. The number of carboxylic acids is 1. The van der Waals surface area contributed by atoms with Gasteiger partial charge in [0.1, 0.15) is 0 Å². The molecule has 0 saturated carbocycles. The molecule has 1 rings (SSSR count). The lowest BCUT2D eigenvalue weighted by atomic mass is 10.2. The van der Waals surface area contributed by atoms with Gasteiger partial charge in [-0.2, -0.15) is 0 Å². The highest BCUT2D eigenvalue weighted by molar-refractivity contribution is 9.10. The molecule has 0 aliphatic carbocycles. The number of carbonyl (C=O) groups is 2. The van der Waals surface area contributed by atoms with Gasteiger partial charge in [-0.15, -0.1) is 0 Å². The third-order valence-corrected chi connectivity index (χ3v) is 2.90. The summed E-state index contributed by atoms with van der Waals surface area (Å²) in [5.74, 6) is -1.35. The number of ether oxygens (including phenoxy) is 1. The van der Waals surface area contributed by atoms with Crippen molar-refractivity contribution in [3.63, 3.8) is 0 Å². The fraction of sp³-hybridized carbons (Fsp3) is 0.333. The van der Waals surface area contributed by atoms with Crippen LogP contribution in [0.25, 0.3) is 0 Å². The molecule has 0 fully saturated rings. The van der Waals surface area contributed by atoms with Crippen molar-refractivity contribution >= 4 is 33.5 Å². The Kier molecular flexibility index (Phi) is 5.94. The number of halogens is 1. The van der Waals surface area contributed by atoms with Crippen LogP contribution < -0.4 is 11.1 Å². The lowest BCUT2D eigenvalue weighted by Gasteiger charge is -2.13. The number of hydrogen-bond donors (Lipinski definition) is 3. The SMILES string of the molecule is COC(CN)CC(=O)Nc1cc(Br)cc(C(=O)O)c1. The quantitative estimate of drug-likeness (QED) is 0.732.